The summed E-state index contributed by atoms with van der Waals surface area (Å²) in [5.41, 5.74) is 20.0. The van der Waals surface area contributed by atoms with Crippen molar-refractivity contribution in [3.05, 3.63) is 478 Å². The Labute approximate surface area is 718 Å². The van der Waals surface area contributed by atoms with Crippen molar-refractivity contribution < 1.29 is 14.2 Å². The van der Waals surface area contributed by atoms with Crippen molar-refractivity contribution in [1.29, 1.82) is 15.8 Å². The lowest BCUT2D eigenvalue weighted by molar-refractivity contribution is 0.133. The molecule has 3 aliphatic heterocycles. The minimum Gasteiger partial charge on any atom is -0.490 e. The predicted octanol–water partition coefficient (Wildman–Crippen LogP) is 29.5. The molecule has 3 atom stereocenters. The second-order valence-electron chi connectivity index (χ2n) is 29.8. The molecule has 17 rings (SSSR count). The van der Waals surface area contributed by atoms with Crippen LogP contribution in [0.4, 0.5) is 51.2 Å². The minimum absolute atomic E-state index is 0.0905. The number of rotatable bonds is 17. The molecule has 0 fully saturated rings. The molecule has 14 aromatic carbocycles. The SMILES string of the molecule is [C-]#[N+]/C(C#N)=C1C=C(/C=C/c2ccc(N(c3ccc(-c4ccccc4)cc3)c3ccc(-c4ccccc4)cc3)cc2)OC(C)C\1.[C-]#[N+]/C(C#N)=C1C=C(/C=C/c2ccc(N(c3cccc4ccccc34)c3cccc4ccccc34)cc2)OC(C)C\1.[C-]#[N+]/C(C#N)=C1C=C(/C=C/c2ccc(N(c3ccccc3)c3cccc4ccccc34)cc2)OC(C)C\1. The summed E-state index contributed by atoms with van der Waals surface area (Å²) in [5.74, 6) is 1.94. The Bertz CT molecular complexity index is 6550. The molecule has 0 aromatic heterocycles. The van der Waals surface area contributed by atoms with Gasteiger partial charge < -0.3 is 28.9 Å². The summed E-state index contributed by atoms with van der Waals surface area (Å²) >= 11 is 0. The molecule has 3 aliphatic rings. The molecule has 0 amide bonds. The first-order chi connectivity index (χ1) is 60.4. The van der Waals surface area contributed by atoms with Gasteiger partial charge in [0.1, 0.15) is 17.3 Å². The quantitative estimate of drug-likeness (QED) is 0.0648. The standard InChI is InChI=1S/C41H31N3O.C37H27N3O.C33H25N3O/c1-30-27-36(41(29-42)43-2)28-40(45-30)26-15-31-13-20-37(21-14-31)44(38-22-16-34(17-23-38)32-9-5-3-6-10-32)39-24-18-35(19-25-39)33-11-7-4-8-12-33;1-26-23-30(35(25-38)39-2)24-32(41-26)22-19-27-17-20-31(21-18-27)40(36-15-7-11-28-9-3-5-13-33(28)36)37-16-8-12-29-10-4-6-14-34(29)37;1-24-21-27(32(23-34)35-2)22-30(37-24)20-17-25-15-18-29(19-16-25)36(28-11-4-3-5-12-28)33-14-8-10-26-9-6-7-13-31(26)33/h3-26,28,30H,27H2,1H3;3-22,24,26H,23H2,1H3;3-20,22,24H,21H2,1H3/b26-15+,41-36-;22-19+,35-30-;20-17+,32-27-. The monoisotopic (exact) mass is 1590 g/mol. The van der Waals surface area contributed by atoms with E-state index < -0.39 is 0 Å². The molecule has 0 N–H and O–H groups in total. The number of fused-ring (bicyclic) bond motifs is 3. The Balaban J connectivity index is 0.000000144. The second-order valence-corrected chi connectivity index (χ2v) is 29.8. The highest BCUT2D eigenvalue weighted by Gasteiger charge is 2.24. The fourth-order valence-electron chi connectivity index (χ4n) is 15.5. The zero-order valence-electron chi connectivity index (χ0n) is 68.1. The van der Waals surface area contributed by atoms with Crippen LogP contribution in [0.5, 0.6) is 0 Å². The number of nitriles is 3. The Kier molecular flexibility index (Phi) is 25.8. The minimum atomic E-state index is -0.104. The van der Waals surface area contributed by atoms with Crippen molar-refractivity contribution >= 4 is 102 Å². The number of hydrogen-bond donors (Lipinski definition) is 0. The predicted molar refractivity (Wildman–Crippen MR) is 501 cm³/mol. The number of anilines is 9. The largest absolute Gasteiger partial charge is 0.490 e. The van der Waals surface area contributed by atoms with E-state index in [4.69, 9.17) is 33.9 Å². The third-order valence-electron chi connectivity index (χ3n) is 21.3. The first-order valence-corrected chi connectivity index (χ1v) is 40.6. The molecule has 0 aliphatic carbocycles. The smallest absolute Gasteiger partial charge is 0.265 e. The van der Waals surface area contributed by atoms with Crippen molar-refractivity contribution in [2.24, 2.45) is 0 Å². The van der Waals surface area contributed by atoms with Crippen LogP contribution in [0.15, 0.2) is 427 Å². The Morgan fingerprint density at radius 3 is 0.854 bits per heavy atom. The lowest BCUT2D eigenvalue weighted by Gasteiger charge is -2.28. The average molecular weight is 1590 g/mol. The van der Waals surface area contributed by atoms with Gasteiger partial charge in [-0.2, -0.15) is 0 Å². The summed E-state index contributed by atoms with van der Waals surface area (Å²) in [6.07, 6.45) is 18.4. The van der Waals surface area contributed by atoms with Crippen molar-refractivity contribution in [3.63, 3.8) is 0 Å². The summed E-state index contributed by atoms with van der Waals surface area (Å²) in [6, 6.07) is 124. The lowest BCUT2D eigenvalue weighted by Crippen LogP contribution is -2.13. The summed E-state index contributed by atoms with van der Waals surface area (Å²) in [7, 11) is 0. The number of ether oxygens (including phenoxy) is 3. The molecule has 0 saturated carbocycles. The normalized spacial score (nSPS) is 15.9. The van der Waals surface area contributed by atoms with E-state index >= 15 is 0 Å². The van der Waals surface area contributed by atoms with E-state index in [-0.39, 0.29) is 35.4 Å². The molecule has 3 heterocycles. The maximum absolute atomic E-state index is 9.31. The lowest BCUT2D eigenvalue weighted by atomic mass is 10.0. The number of nitrogens with zero attached hydrogens (tertiary/aromatic N) is 9. The van der Waals surface area contributed by atoms with Crippen molar-refractivity contribution in [3.8, 4) is 40.5 Å². The molecule has 590 valence electrons. The van der Waals surface area contributed by atoms with Crippen LogP contribution in [-0.2, 0) is 14.2 Å². The van der Waals surface area contributed by atoms with Gasteiger partial charge in [0, 0.05) is 69.5 Å². The molecule has 0 radical (unpaired) electrons. The Morgan fingerprint density at radius 2 is 0.537 bits per heavy atom. The van der Waals surface area contributed by atoms with Gasteiger partial charge in [-0.15, -0.1) is 0 Å². The number of hydrogen-bond acceptors (Lipinski definition) is 9. The molecule has 12 heteroatoms. The van der Waals surface area contributed by atoms with Gasteiger partial charge in [0.15, 0.2) is 0 Å². The van der Waals surface area contributed by atoms with Crippen LogP contribution in [0.2, 0.25) is 0 Å². The van der Waals surface area contributed by atoms with Crippen LogP contribution in [0.1, 0.15) is 56.7 Å². The fraction of sp³-hybridized carbons (Fsp3) is 0.0811. The highest BCUT2D eigenvalue weighted by Crippen LogP contribution is 2.45. The summed E-state index contributed by atoms with van der Waals surface area (Å²) in [5, 5.41) is 35.0. The molecular weight excluding hydrogens is 1510 g/mol. The third kappa shape index (κ3) is 19.6. The van der Waals surface area contributed by atoms with Crippen LogP contribution in [0.3, 0.4) is 0 Å². The van der Waals surface area contributed by atoms with E-state index in [2.05, 4.69) is 351 Å². The molecule has 0 spiro atoms. The highest BCUT2D eigenvalue weighted by atomic mass is 16.5. The maximum Gasteiger partial charge on any atom is 0.265 e. The summed E-state index contributed by atoms with van der Waals surface area (Å²) in [4.78, 5) is 17.0. The van der Waals surface area contributed by atoms with Crippen LogP contribution < -0.4 is 14.7 Å². The van der Waals surface area contributed by atoms with E-state index in [1.54, 1.807) is 18.2 Å². The summed E-state index contributed by atoms with van der Waals surface area (Å²) < 4.78 is 17.8. The molecule has 0 saturated heterocycles. The van der Waals surface area contributed by atoms with E-state index in [0.29, 0.717) is 42.1 Å². The van der Waals surface area contributed by atoms with Gasteiger partial charge in [-0.3, -0.25) is 0 Å². The van der Waals surface area contributed by atoms with Crippen molar-refractivity contribution in [2.45, 2.75) is 58.3 Å². The van der Waals surface area contributed by atoms with E-state index in [9.17, 15) is 15.8 Å². The molecule has 0 bridgehead atoms. The molecule has 3 unspecified atom stereocenters. The topological polar surface area (TPSA) is 122 Å². The molecular formula is C111H83N9O3. The summed E-state index contributed by atoms with van der Waals surface area (Å²) in [6.45, 7) is 27.7. The maximum atomic E-state index is 9.31. The van der Waals surface area contributed by atoms with Crippen LogP contribution in [0, 0.1) is 53.7 Å². The zero-order chi connectivity index (χ0) is 84.8. The fourth-order valence-corrected chi connectivity index (χ4v) is 15.5. The van der Waals surface area contributed by atoms with Gasteiger partial charge in [-0.05, 0) is 220 Å². The van der Waals surface area contributed by atoms with Crippen LogP contribution in [-0.4, -0.2) is 18.3 Å². The van der Waals surface area contributed by atoms with Crippen molar-refractivity contribution in [1.82, 2.24) is 0 Å². The van der Waals surface area contributed by atoms with Gasteiger partial charge in [0.2, 0.25) is 0 Å². The van der Waals surface area contributed by atoms with Gasteiger partial charge in [-0.25, -0.2) is 30.3 Å². The molecule has 123 heavy (non-hydrogen) atoms. The van der Waals surface area contributed by atoms with Gasteiger partial charge in [0.05, 0.1) is 73.3 Å². The van der Waals surface area contributed by atoms with Crippen LogP contribution >= 0.6 is 0 Å². The van der Waals surface area contributed by atoms with Gasteiger partial charge >= 0.3 is 0 Å². The highest BCUT2D eigenvalue weighted by molar-refractivity contribution is 6.05. The average Bonchev–Trinajstić information content (AvgIpc) is 0.767. The molecule has 14 aromatic rings. The van der Waals surface area contributed by atoms with Crippen molar-refractivity contribution in [2.75, 3.05) is 14.7 Å². The number of allylic oxidation sites excluding steroid dienone is 9. The van der Waals surface area contributed by atoms with Gasteiger partial charge in [-0.1, -0.05) is 267 Å². The Morgan fingerprint density at radius 1 is 0.285 bits per heavy atom. The first kappa shape index (κ1) is 81.4. The van der Waals surface area contributed by atoms with E-state index in [1.807, 2.05) is 93.6 Å². The number of para-hydroxylation sites is 1. The number of benzene rings is 14. The van der Waals surface area contributed by atoms with Crippen LogP contribution in [0.25, 0.3) is 87.3 Å². The molecule has 12 nitrogen and oxygen atoms in total. The Hall–Kier alpha value is -16.7. The van der Waals surface area contributed by atoms with E-state index in [0.717, 1.165) is 79.0 Å². The second kappa shape index (κ2) is 39.0. The first-order valence-electron chi connectivity index (χ1n) is 40.6. The third-order valence-corrected chi connectivity index (χ3v) is 21.3. The zero-order valence-corrected chi connectivity index (χ0v) is 68.1. The van der Waals surface area contributed by atoms with Gasteiger partial charge in [0.25, 0.3) is 17.1 Å². The van der Waals surface area contributed by atoms with E-state index in [1.165, 1.54) is 54.6 Å².